The van der Waals surface area contributed by atoms with Crippen molar-refractivity contribution in [1.29, 1.82) is 0 Å². The van der Waals surface area contributed by atoms with Gasteiger partial charge in [-0.2, -0.15) is 0 Å². The highest BCUT2D eigenvalue weighted by Gasteiger charge is 2.39. The number of nitrogens with zero attached hydrogens (tertiary/aromatic N) is 2. The number of carboxylic acids is 1. The smallest absolute Gasteiger partial charge is 0.326 e. The Balaban J connectivity index is 1.86. The first kappa shape index (κ1) is 14.1. The molecule has 0 aromatic carbocycles. The van der Waals surface area contributed by atoms with Crippen molar-refractivity contribution in [1.82, 2.24) is 15.1 Å². The van der Waals surface area contributed by atoms with E-state index in [1.165, 1.54) is 4.90 Å². The second kappa shape index (κ2) is 5.75. The zero-order valence-corrected chi connectivity index (χ0v) is 11.1. The molecule has 0 aromatic rings. The van der Waals surface area contributed by atoms with Crippen molar-refractivity contribution in [2.75, 3.05) is 26.7 Å². The first-order valence-corrected chi connectivity index (χ1v) is 6.64. The van der Waals surface area contributed by atoms with Crippen LogP contribution in [-0.4, -0.2) is 76.9 Å². The summed E-state index contributed by atoms with van der Waals surface area (Å²) in [6, 6.07) is -1.000. The number of carboxylic acid groups (broad SMARTS) is 1. The Kier molecular flexibility index (Phi) is 4.26. The Bertz CT molecular complexity index is 363. The van der Waals surface area contributed by atoms with Crippen LogP contribution in [0.2, 0.25) is 0 Å². The zero-order chi connectivity index (χ0) is 14.0. The van der Waals surface area contributed by atoms with Crippen molar-refractivity contribution in [3.8, 4) is 0 Å². The Morgan fingerprint density at radius 3 is 2.74 bits per heavy atom. The summed E-state index contributed by atoms with van der Waals surface area (Å²) < 4.78 is 0. The highest BCUT2D eigenvalue weighted by atomic mass is 16.4. The number of aliphatic hydroxyl groups excluding tert-OH is 1. The standard InChI is InChI=1S/C12H21N3O4/c1-14-4-2-3-8(14)6-13-12(19)15-7-9(16)5-10(15)11(17)18/h8-10,16H,2-7H2,1H3,(H,13,19)(H,17,18)/t8?,9?,10-/m0/s1. The molecule has 7 heteroatoms. The largest absolute Gasteiger partial charge is 0.480 e. The maximum Gasteiger partial charge on any atom is 0.326 e. The maximum absolute atomic E-state index is 12.0. The molecule has 2 saturated heterocycles. The topological polar surface area (TPSA) is 93.1 Å². The van der Waals surface area contributed by atoms with Crippen LogP contribution >= 0.6 is 0 Å². The molecule has 108 valence electrons. The molecule has 0 bridgehead atoms. The third-order valence-electron chi connectivity index (χ3n) is 3.99. The summed E-state index contributed by atoms with van der Waals surface area (Å²) in [5, 5.41) is 21.3. The van der Waals surface area contributed by atoms with Crippen LogP contribution in [0.25, 0.3) is 0 Å². The van der Waals surface area contributed by atoms with Gasteiger partial charge in [-0.1, -0.05) is 0 Å². The van der Waals surface area contributed by atoms with Gasteiger partial charge in [-0.25, -0.2) is 9.59 Å². The van der Waals surface area contributed by atoms with Crippen LogP contribution in [0.15, 0.2) is 0 Å². The molecule has 2 aliphatic heterocycles. The number of hydrogen-bond acceptors (Lipinski definition) is 4. The molecule has 0 radical (unpaired) electrons. The Morgan fingerprint density at radius 1 is 1.42 bits per heavy atom. The van der Waals surface area contributed by atoms with Crippen molar-refractivity contribution in [2.45, 2.75) is 37.5 Å². The third kappa shape index (κ3) is 3.16. The molecule has 0 saturated carbocycles. The molecular formula is C12H21N3O4. The minimum atomic E-state index is -1.07. The van der Waals surface area contributed by atoms with E-state index >= 15 is 0 Å². The number of likely N-dealkylation sites (tertiary alicyclic amines) is 2. The van der Waals surface area contributed by atoms with Crippen molar-refractivity contribution >= 4 is 12.0 Å². The number of aliphatic hydroxyl groups is 1. The molecule has 2 unspecified atom stereocenters. The number of amides is 2. The molecule has 2 fully saturated rings. The number of rotatable bonds is 3. The molecule has 19 heavy (non-hydrogen) atoms. The Labute approximate surface area is 112 Å². The molecule has 2 aliphatic rings. The van der Waals surface area contributed by atoms with Gasteiger partial charge in [0.05, 0.1) is 6.10 Å². The average Bonchev–Trinajstić information content (AvgIpc) is 2.92. The molecular weight excluding hydrogens is 250 g/mol. The second-order valence-corrected chi connectivity index (χ2v) is 5.36. The molecule has 0 aromatic heterocycles. The highest BCUT2D eigenvalue weighted by molar-refractivity contribution is 5.83. The van der Waals surface area contributed by atoms with Crippen molar-refractivity contribution in [3.63, 3.8) is 0 Å². The number of carbonyl (C=O) groups is 2. The quantitative estimate of drug-likeness (QED) is 0.632. The van der Waals surface area contributed by atoms with Gasteiger partial charge in [0.25, 0.3) is 0 Å². The minimum absolute atomic E-state index is 0.0866. The normalized spacial score (nSPS) is 31.7. The van der Waals surface area contributed by atoms with Crippen LogP contribution in [0, 0.1) is 0 Å². The van der Waals surface area contributed by atoms with Gasteiger partial charge < -0.3 is 25.3 Å². The van der Waals surface area contributed by atoms with E-state index in [2.05, 4.69) is 10.2 Å². The number of urea groups is 1. The summed E-state index contributed by atoms with van der Waals surface area (Å²) in [5.41, 5.74) is 0. The summed E-state index contributed by atoms with van der Waals surface area (Å²) in [7, 11) is 2.02. The number of hydrogen-bond donors (Lipinski definition) is 3. The van der Waals surface area contributed by atoms with Gasteiger partial charge in [0.1, 0.15) is 6.04 Å². The fourth-order valence-corrected chi connectivity index (χ4v) is 2.82. The minimum Gasteiger partial charge on any atom is -0.480 e. The van der Waals surface area contributed by atoms with Crippen molar-refractivity contribution in [2.24, 2.45) is 0 Å². The summed E-state index contributed by atoms with van der Waals surface area (Å²) in [4.78, 5) is 26.4. The van der Waals surface area contributed by atoms with Crippen LogP contribution in [0.1, 0.15) is 19.3 Å². The summed E-state index contributed by atoms with van der Waals surface area (Å²) in [6.07, 6.45) is 1.52. The molecule has 0 aliphatic carbocycles. The highest BCUT2D eigenvalue weighted by Crippen LogP contribution is 2.18. The molecule has 3 atom stereocenters. The van der Waals surface area contributed by atoms with Gasteiger partial charge in [-0.15, -0.1) is 0 Å². The van der Waals surface area contributed by atoms with Crippen LogP contribution < -0.4 is 5.32 Å². The lowest BCUT2D eigenvalue weighted by molar-refractivity contribution is -0.141. The molecule has 3 N–H and O–H groups in total. The van der Waals surface area contributed by atoms with Crippen LogP contribution in [-0.2, 0) is 4.79 Å². The third-order valence-corrected chi connectivity index (χ3v) is 3.99. The molecule has 0 spiro atoms. The van der Waals surface area contributed by atoms with Crippen molar-refractivity contribution < 1.29 is 19.8 Å². The monoisotopic (exact) mass is 271 g/mol. The summed E-state index contributed by atoms with van der Waals surface area (Å²) in [6.45, 7) is 1.64. The van der Waals surface area contributed by atoms with E-state index in [1.807, 2.05) is 7.05 Å². The number of aliphatic carboxylic acids is 1. The van der Waals surface area contributed by atoms with E-state index in [4.69, 9.17) is 5.11 Å². The SMILES string of the molecule is CN1CCCC1CNC(=O)N1CC(O)C[C@H]1C(=O)O. The molecule has 2 amide bonds. The first-order chi connectivity index (χ1) is 8.99. The summed E-state index contributed by atoms with van der Waals surface area (Å²) in [5.74, 6) is -1.07. The predicted molar refractivity (Wildman–Crippen MR) is 67.8 cm³/mol. The fraction of sp³-hybridized carbons (Fsp3) is 0.833. The molecule has 2 rings (SSSR count). The number of carbonyl (C=O) groups excluding carboxylic acids is 1. The predicted octanol–water partition coefficient (Wildman–Crippen LogP) is -0.690. The van der Waals surface area contributed by atoms with Crippen LogP contribution in [0.4, 0.5) is 4.79 Å². The fourth-order valence-electron chi connectivity index (χ4n) is 2.82. The zero-order valence-electron chi connectivity index (χ0n) is 11.1. The number of β-amino-alcohol motifs (C(OH)–C–C–N with tert-alkyl or cyclic N) is 1. The number of likely N-dealkylation sites (N-methyl/N-ethyl adjacent to an activating group) is 1. The van der Waals surface area contributed by atoms with Gasteiger partial charge in [-0.05, 0) is 26.4 Å². The van der Waals surface area contributed by atoms with E-state index in [-0.39, 0.29) is 13.0 Å². The first-order valence-electron chi connectivity index (χ1n) is 6.64. The lowest BCUT2D eigenvalue weighted by Crippen LogP contribution is -2.49. The van der Waals surface area contributed by atoms with E-state index in [0.29, 0.717) is 12.6 Å². The van der Waals surface area contributed by atoms with Gasteiger partial charge in [-0.3, -0.25) is 0 Å². The van der Waals surface area contributed by atoms with Gasteiger partial charge in [0.15, 0.2) is 0 Å². The second-order valence-electron chi connectivity index (χ2n) is 5.36. The molecule has 7 nitrogen and oxygen atoms in total. The Hall–Kier alpha value is -1.34. The van der Waals surface area contributed by atoms with E-state index in [0.717, 1.165) is 19.4 Å². The lowest BCUT2D eigenvalue weighted by Gasteiger charge is -2.24. The summed E-state index contributed by atoms with van der Waals surface area (Å²) >= 11 is 0. The van der Waals surface area contributed by atoms with Gasteiger partial charge >= 0.3 is 12.0 Å². The average molecular weight is 271 g/mol. The molecule has 2 heterocycles. The number of nitrogens with one attached hydrogen (secondary N) is 1. The van der Waals surface area contributed by atoms with Crippen LogP contribution in [0.3, 0.4) is 0 Å². The van der Waals surface area contributed by atoms with Gasteiger partial charge in [0, 0.05) is 25.6 Å². The van der Waals surface area contributed by atoms with Gasteiger partial charge in [0.2, 0.25) is 0 Å². The lowest BCUT2D eigenvalue weighted by atomic mass is 10.2. The van der Waals surface area contributed by atoms with Crippen molar-refractivity contribution in [3.05, 3.63) is 0 Å². The maximum atomic E-state index is 12.0. The Morgan fingerprint density at radius 2 is 2.16 bits per heavy atom. The van der Waals surface area contributed by atoms with E-state index in [9.17, 15) is 14.7 Å². The van der Waals surface area contributed by atoms with Crippen LogP contribution in [0.5, 0.6) is 0 Å². The van der Waals surface area contributed by atoms with E-state index in [1.54, 1.807) is 0 Å². The van der Waals surface area contributed by atoms with E-state index < -0.39 is 24.1 Å².